The summed E-state index contributed by atoms with van der Waals surface area (Å²) in [5.41, 5.74) is 3.16. The molecule has 0 fully saturated rings. The van der Waals surface area contributed by atoms with E-state index < -0.39 is 5.97 Å². The third-order valence-corrected chi connectivity index (χ3v) is 3.67. The van der Waals surface area contributed by atoms with Gasteiger partial charge in [0.25, 0.3) is 0 Å². The molecule has 4 heteroatoms. The minimum atomic E-state index is -0.418. The number of esters is 1. The first-order chi connectivity index (χ1) is 11.2. The van der Waals surface area contributed by atoms with Crippen molar-refractivity contribution in [2.75, 3.05) is 6.61 Å². The molecule has 0 unspecified atom stereocenters. The second-order valence-electron chi connectivity index (χ2n) is 5.19. The molecule has 1 heterocycles. The molecule has 0 saturated heterocycles. The first kappa shape index (κ1) is 15.2. The normalized spacial score (nSPS) is 10.7. The fourth-order valence-corrected chi connectivity index (χ4v) is 2.49. The molecule has 4 nitrogen and oxygen atoms in total. The molecule has 0 saturated carbocycles. The van der Waals surface area contributed by atoms with Crippen LogP contribution in [0, 0.1) is 0 Å². The lowest BCUT2D eigenvalue weighted by molar-refractivity contribution is 0.0522. The van der Waals surface area contributed by atoms with Crippen LogP contribution in [0.5, 0.6) is 0 Å². The zero-order valence-electron chi connectivity index (χ0n) is 13.2. The number of benzene rings is 2. The van der Waals surface area contributed by atoms with Crippen molar-refractivity contribution in [1.82, 2.24) is 9.97 Å². The van der Waals surface area contributed by atoms with Gasteiger partial charge in [0.15, 0.2) is 11.5 Å². The van der Waals surface area contributed by atoms with E-state index >= 15 is 0 Å². The van der Waals surface area contributed by atoms with E-state index in [1.54, 1.807) is 6.92 Å². The Morgan fingerprint density at radius 1 is 1.04 bits per heavy atom. The number of rotatable bonds is 4. The van der Waals surface area contributed by atoms with Gasteiger partial charge in [0.1, 0.15) is 0 Å². The fraction of sp³-hybridized carbons (Fsp3) is 0.211. The molecule has 2 aromatic carbocycles. The largest absolute Gasteiger partial charge is 0.461 e. The van der Waals surface area contributed by atoms with E-state index in [-0.39, 0.29) is 0 Å². The molecule has 0 aliphatic heterocycles. The first-order valence-electron chi connectivity index (χ1n) is 7.76. The Hall–Kier alpha value is -2.75. The number of aryl methyl sites for hydroxylation is 1. The Labute approximate surface area is 135 Å². The average molecular weight is 306 g/mol. The van der Waals surface area contributed by atoms with Crippen LogP contribution in [0.1, 0.15) is 29.9 Å². The predicted molar refractivity (Wildman–Crippen MR) is 90.3 cm³/mol. The van der Waals surface area contributed by atoms with Crippen LogP contribution in [0.2, 0.25) is 0 Å². The van der Waals surface area contributed by atoms with Crippen LogP contribution in [0.3, 0.4) is 0 Å². The van der Waals surface area contributed by atoms with E-state index in [4.69, 9.17) is 4.74 Å². The molecule has 0 bridgehead atoms. The minimum Gasteiger partial charge on any atom is -0.461 e. The number of nitrogens with zero attached hydrogens (tertiary/aromatic N) is 2. The van der Waals surface area contributed by atoms with Crippen LogP contribution in [0.4, 0.5) is 0 Å². The molecular formula is C19H18N2O2. The van der Waals surface area contributed by atoms with Crippen molar-refractivity contribution in [2.45, 2.75) is 20.3 Å². The van der Waals surface area contributed by atoms with Crippen molar-refractivity contribution in [3.05, 3.63) is 59.8 Å². The van der Waals surface area contributed by atoms with Crippen molar-refractivity contribution in [3.8, 4) is 11.4 Å². The molecule has 0 aliphatic rings. The Morgan fingerprint density at radius 3 is 2.65 bits per heavy atom. The smallest absolute Gasteiger partial charge is 0.357 e. The zero-order chi connectivity index (χ0) is 16.2. The lowest BCUT2D eigenvalue weighted by Gasteiger charge is -2.09. The van der Waals surface area contributed by atoms with Gasteiger partial charge in [0.05, 0.1) is 12.1 Å². The van der Waals surface area contributed by atoms with Gasteiger partial charge in [-0.15, -0.1) is 0 Å². The van der Waals surface area contributed by atoms with E-state index in [2.05, 4.69) is 29.0 Å². The third kappa shape index (κ3) is 3.06. The number of fused-ring (bicyclic) bond motifs is 1. The van der Waals surface area contributed by atoms with Crippen LogP contribution in [-0.4, -0.2) is 22.5 Å². The van der Waals surface area contributed by atoms with Crippen LogP contribution < -0.4 is 0 Å². The molecule has 0 atom stereocenters. The van der Waals surface area contributed by atoms with Crippen LogP contribution in [0.25, 0.3) is 22.3 Å². The summed E-state index contributed by atoms with van der Waals surface area (Å²) < 4.78 is 5.14. The van der Waals surface area contributed by atoms with Gasteiger partial charge in [-0.25, -0.2) is 14.8 Å². The zero-order valence-corrected chi connectivity index (χ0v) is 13.2. The highest BCUT2D eigenvalue weighted by atomic mass is 16.5. The molecule has 3 rings (SSSR count). The third-order valence-electron chi connectivity index (χ3n) is 3.67. The van der Waals surface area contributed by atoms with Gasteiger partial charge in [-0.05, 0) is 31.0 Å². The van der Waals surface area contributed by atoms with Crippen molar-refractivity contribution < 1.29 is 9.53 Å². The number of carbonyl (C=O) groups is 1. The van der Waals surface area contributed by atoms with Gasteiger partial charge in [-0.1, -0.05) is 43.3 Å². The van der Waals surface area contributed by atoms with E-state index in [9.17, 15) is 4.79 Å². The summed E-state index contributed by atoms with van der Waals surface area (Å²) in [4.78, 5) is 21.3. The van der Waals surface area contributed by atoms with Gasteiger partial charge in [-0.2, -0.15) is 0 Å². The molecule has 0 aliphatic carbocycles. The molecule has 0 amide bonds. The topological polar surface area (TPSA) is 52.1 Å². The van der Waals surface area contributed by atoms with Gasteiger partial charge in [0, 0.05) is 10.9 Å². The second kappa shape index (κ2) is 6.57. The molecule has 0 N–H and O–H groups in total. The molecule has 1 aromatic heterocycles. The Morgan fingerprint density at radius 2 is 1.87 bits per heavy atom. The number of para-hydroxylation sites is 1. The Balaban J connectivity index is 2.20. The number of ether oxygens (including phenoxy) is 1. The molecule has 23 heavy (non-hydrogen) atoms. The standard InChI is InChI=1S/C19H18N2O2/c1-3-13-8-7-9-14(12-13)18-20-16-11-6-5-10-15(16)17(21-18)19(22)23-4-2/h5-12H,3-4H2,1-2H3. The quantitative estimate of drug-likeness (QED) is 0.683. The SMILES string of the molecule is CCOC(=O)c1nc(-c2cccc(CC)c2)nc2ccccc12. The average Bonchev–Trinajstić information content (AvgIpc) is 2.61. The van der Waals surface area contributed by atoms with Gasteiger partial charge < -0.3 is 4.74 Å². The van der Waals surface area contributed by atoms with Gasteiger partial charge in [0.2, 0.25) is 0 Å². The highest BCUT2D eigenvalue weighted by molar-refractivity contribution is 6.02. The summed E-state index contributed by atoms with van der Waals surface area (Å²) >= 11 is 0. The lowest BCUT2D eigenvalue weighted by Crippen LogP contribution is -2.09. The number of hydrogen-bond donors (Lipinski definition) is 0. The minimum absolute atomic E-state index is 0.314. The predicted octanol–water partition coefficient (Wildman–Crippen LogP) is 4.04. The summed E-state index contributed by atoms with van der Waals surface area (Å²) in [7, 11) is 0. The van der Waals surface area contributed by atoms with E-state index in [1.165, 1.54) is 5.56 Å². The van der Waals surface area contributed by atoms with E-state index in [0.717, 1.165) is 17.5 Å². The molecule has 0 radical (unpaired) electrons. The highest BCUT2D eigenvalue weighted by Gasteiger charge is 2.16. The summed E-state index contributed by atoms with van der Waals surface area (Å²) in [5, 5.41) is 0.710. The van der Waals surface area contributed by atoms with Crippen molar-refractivity contribution >= 4 is 16.9 Å². The molecule has 116 valence electrons. The number of hydrogen-bond acceptors (Lipinski definition) is 4. The molecule has 0 spiro atoms. The van der Waals surface area contributed by atoms with Crippen molar-refractivity contribution in [2.24, 2.45) is 0 Å². The molecule has 3 aromatic rings. The van der Waals surface area contributed by atoms with Crippen LogP contribution in [-0.2, 0) is 11.2 Å². The highest BCUT2D eigenvalue weighted by Crippen LogP contribution is 2.23. The summed E-state index contributed by atoms with van der Waals surface area (Å²) in [6.45, 7) is 4.20. The van der Waals surface area contributed by atoms with E-state index in [0.29, 0.717) is 23.5 Å². The van der Waals surface area contributed by atoms with E-state index in [1.807, 2.05) is 36.4 Å². The van der Waals surface area contributed by atoms with Gasteiger partial charge >= 0.3 is 5.97 Å². The lowest BCUT2D eigenvalue weighted by atomic mass is 10.1. The van der Waals surface area contributed by atoms with Crippen LogP contribution >= 0.6 is 0 Å². The number of aromatic nitrogens is 2. The molecular weight excluding hydrogens is 288 g/mol. The fourth-order valence-electron chi connectivity index (χ4n) is 2.49. The van der Waals surface area contributed by atoms with Crippen molar-refractivity contribution in [3.63, 3.8) is 0 Å². The van der Waals surface area contributed by atoms with Crippen molar-refractivity contribution in [1.29, 1.82) is 0 Å². The summed E-state index contributed by atoms with van der Waals surface area (Å²) in [6, 6.07) is 15.5. The summed E-state index contributed by atoms with van der Waals surface area (Å²) in [5.74, 6) is 0.126. The van der Waals surface area contributed by atoms with Gasteiger partial charge in [-0.3, -0.25) is 0 Å². The summed E-state index contributed by atoms with van der Waals surface area (Å²) in [6.07, 6.45) is 0.937. The maximum atomic E-state index is 12.3. The number of carbonyl (C=O) groups excluding carboxylic acids is 1. The first-order valence-corrected chi connectivity index (χ1v) is 7.76. The maximum Gasteiger partial charge on any atom is 0.357 e. The van der Waals surface area contributed by atoms with Crippen LogP contribution in [0.15, 0.2) is 48.5 Å². The Bertz CT molecular complexity index is 859. The Kier molecular flexibility index (Phi) is 4.33. The monoisotopic (exact) mass is 306 g/mol. The second-order valence-corrected chi connectivity index (χ2v) is 5.19. The maximum absolute atomic E-state index is 12.3.